The number of ether oxygens (including phenoxy) is 1. The molecule has 0 fully saturated rings. The smallest absolute Gasteiger partial charge is 0.256 e. The third kappa shape index (κ3) is 4.50. The number of para-hydroxylation sites is 6. The monoisotopic (exact) mass is 717 g/mol. The molecule has 0 N–H and O–H groups in total. The van der Waals surface area contributed by atoms with Crippen molar-refractivity contribution in [3.8, 4) is 17.2 Å². The first-order chi connectivity index (χ1) is 27.8. The molecule has 0 saturated carbocycles. The van der Waals surface area contributed by atoms with E-state index in [9.17, 15) is 0 Å². The fraction of sp³-hybridized carbons (Fsp3) is 0. The maximum atomic E-state index is 7.23. The van der Waals surface area contributed by atoms with E-state index in [1.54, 1.807) is 0 Å². The van der Waals surface area contributed by atoms with E-state index in [-0.39, 0.29) is 6.71 Å². The number of hydrogen-bond donors (Lipinski definition) is 0. The van der Waals surface area contributed by atoms with Gasteiger partial charge in [0.05, 0.1) is 11.2 Å². The summed E-state index contributed by atoms with van der Waals surface area (Å²) in [6.45, 7) is -0.0582. The molecule has 2 aromatic heterocycles. The highest BCUT2D eigenvalue weighted by Crippen LogP contribution is 2.45. The number of anilines is 6. The van der Waals surface area contributed by atoms with E-state index in [1.807, 2.05) is 6.07 Å². The summed E-state index contributed by atoms with van der Waals surface area (Å²) in [6.07, 6.45) is 0. The van der Waals surface area contributed by atoms with Crippen LogP contribution >= 0.6 is 0 Å². The second-order valence-corrected chi connectivity index (χ2v) is 14.5. The van der Waals surface area contributed by atoms with E-state index >= 15 is 0 Å². The van der Waals surface area contributed by atoms with Crippen molar-refractivity contribution in [2.75, 3.05) is 9.80 Å². The van der Waals surface area contributed by atoms with E-state index in [0.29, 0.717) is 0 Å². The topological polar surface area (TPSA) is 33.8 Å². The van der Waals surface area contributed by atoms with Crippen molar-refractivity contribution in [2.45, 2.75) is 0 Å². The first-order valence-electron chi connectivity index (χ1n) is 19.1. The van der Waals surface area contributed by atoms with Gasteiger partial charge in [-0.3, -0.25) is 0 Å². The summed E-state index contributed by atoms with van der Waals surface area (Å²) in [6, 6.07) is 68.5. The summed E-state index contributed by atoms with van der Waals surface area (Å²) >= 11 is 0. The molecule has 6 heteroatoms. The fourth-order valence-electron chi connectivity index (χ4n) is 9.09. The Hall–Kier alpha value is -7.44. The Kier molecular flexibility index (Phi) is 6.66. The molecule has 56 heavy (non-hydrogen) atoms. The first kappa shape index (κ1) is 31.0. The molecule has 12 rings (SSSR count). The van der Waals surface area contributed by atoms with E-state index < -0.39 is 0 Å². The molecule has 0 spiro atoms. The van der Waals surface area contributed by atoms with Crippen LogP contribution in [0.25, 0.3) is 38.7 Å². The van der Waals surface area contributed by atoms with Gasteiger partial charge in [0.2, 0.25) is 0 Å². The quantitative estimate of drug-likeness (QED) is 0.160. The molecule has 0 atom stereocenters. The van der Waals surface area contributed by atoms with Gasteiger partial charge in [-0.25, -0.2) is 0 Å². The van der Waals surface area contributed by atoms with Crippen molar-refractivity contribution in [1.29, 1.82) is 0 Å². The molecule has 5 nitrogen and oxygen atoms in total. The van der Waals surface area contributed by atoms with Crippen LogP contribution in [0.15, 0.2) is 199 Å². The SMILES string of the molecule is c1ccc(N(c2ccccc2)c2ccc3c(c2)Oc2cc(N(c4ccccc4)c4ccccc4)cc4c2B3c2cccc3c5oc6ccccc6c5n-4c23)cc1. The van der Waals surface area contributed by atoms with E-state index in [1.165, 1.54) is 11.0 Å². The van der Waals surface area contributed by atoms with Crippen molar-refractivity contribution < 1.29 is 9.15 Å². The number of fused-ring (bicyclic) bond motifs is 9. The molecule has 2 aliphatic rings. The number of hydrogen-bond acceptors (Lipinski definition) is 4. The second-order valence-electron chi connectivity index (χ2n) is 14.5. The molecule has 0 unspecified atom stereocenters. The van der Waals surface area contributed by atoms with Crippen LogP contribution in [0.5, 0.6) is 11.5 Å². The Bertz CT molecular complexity index is 3040. The maximum absolute atomic E-state index is 7.23. The molecule has 10 aromatic rings. The molecule has 0 radical (unpaired) electrons. The lowest BCUT2D eigenvalue weighted by molar-refractivity contribution is 0.487. The molecule has 8 aromatic carbocycles. The number of benzene rings is 8. The lowest BCUT2D eigenvalue weighted by Crippen LogP contribution is -2.58. The Morgan fingerprint density at radius 3 is 1.61 bits per heavy atom. The Morgan fingerprint density at radius 1 is 0.411 bits per heavy atom. The van der Waals surface area contributed by atoms with Gasteiger partial charge in [0, 0.05) is 57.0 Å². The minimum absolute atomic E-state index is 0.0582. The summed E-state index contributed by atoms with van der Waals surface area (Å²) in [5.74, 6) is 1.68. The number of furan rings is 1. The van der Waals surface area contributed by atoms with Crippen molar-refractivity contribution in [3.05, 3.63) is 194 Å². The first-order valence-corrected chi connectivity index (χ1v) is 19.1. The van der Waals surface area contributed by atoms with E-state index in [0.717, 1.165) is 89.7 Å². The largest absolute Gasteiger partial charge is 0.458 e. The summed E-state index contributed by atoms with van der Waals surface area (Å²) in [5.41, 5.74) is 15.0. The molecular weight excluding hydrogens is 685 g/mol. The fourth-order valence-corrected chi connectivity index (χ4v) is 9.09. The van der Waals surface area contributed by atoms with Gasteiger partial charge in [0.1, 0.15) is 22.6 Å². The standard InChI is InChI=1S/C50H32BN3O2/c1-5-16-33(17-6-1)52(34-18-7-2-8-19-34)37-28-29-41-45(31-37)55-46-32-38(53(35-20-9-3-10-21-35)36-22-11-4-12-23-36)30-43-47(46)51(41)42-26-15-25-40-48(42)54(43)49-39-24-13-14-27-44(39)56-50(40)49/h1-32H. The van der Waals surface area contributed by atoms with Crippen LogP contribution in [0, 0.1) is 0 Å². The van der Waals surface area contributed by atoms with E-state index in [2.05, 4.69) is 202 Å². The van der Waals surface area contributed by atoms with Gasteiger partial charge in [-0.1, -0.05) is 103 Å². The van der Waals surface area contributed by atoms with Crippen LogP contribution in [0.2, 0.25) is 0 Å². The second kappa shape index (κ2) is 12.0. The molecule has 0 amide bonds. The van der Waals surface area contributed by atoms with Crippen molar-refractivity contribution >= 4 is 90.2 Å². The molecule has 0 bridgehead atoms. The van der Waals surface area contributed by atoms with Crippen LogP contribution in [-0.2, 0) is 0 Å². The van der Waals surface area contributed by atoms with Gasteiger partial charge in [-0.15, -0.1) is 0 Å². The zero-order valence-corrected chi connectivity index (χ0v) is 30.2. The normalized spacial score (nSPS) is 12.4. The van der Waals surface area contributed by atoms with Crippen molar-refractivity contribution in [3.63, 3.8) is 0 Å². The van der Waals surface area contributed by atoms with Crippen LogP contribution in [0.1, 0.15) is 0 Å². The number of nitrogens with zero attached hydrogens (tertiary/aromatic N) is 3. The zero-order valence-electron chi connectivity index (χ0n) is 30.2. The molecule has 0 aliphatic carbocycles. The summed E-state index contributed by atoms with van der Waals surface area (Å²) in [7, 11) is 0. The van der Waals surface area contributed by atoms with Gasteiger partial charge < -0.3 is 23.5 Å². The van der Waals surface area contributed by atoms with Crippen molar-refractivity contribution in [2.24, 2.45) is 0 Å². The molecule has 2 aliphatic heterocycles. The van der Waals surface area contributed by atoms with E-state index in [4.69, 9.17) is 9.15 Å². The average molecular weight is 718 g/mol. The van der Waals surface area contributed by atoms with Crippen LogP contribution in [0.4, 0.5) is 34.1 Å². The van der Waals surface area contributed by atoms with Crippen LogP contribution in [-0.4, -0.2) is 11.3 Å². The number of rotatable bonds is 6. The Balaban J connectivity index is 1.15. The minimum atomic E-state index is -0.0582. The third-order valence-corrected chi connectivity index (χ3v) is 11.4. The predicted octanol–water partition coefficient (Wildman–Crippen LogP) is 11.4. The highest BCUT2D eigenvalue weighted by atomic mass is 16.5. The van der Waals surface area contributed by atoms with Gasteiger partial charge in [0.15, 0.2) is 5.58 Å². The minimum Gasteiger partial charge on any atom is -0.458 e. The highest BCUT2D eigenvalue weighted by Gasteiger charge is 2.42. The molecule has 262 valence electrons. The van der Waals surface area contributed by atoms with Crippen LogP contribution in [0.3, 0.4) is 0 Å². The van der Waals surface area contributed by atoms with Gasteiger partial charge in [0.25, 0.3) is 6.71 Å². The molecule has 0 saturated heterocycles. The molecule has 4 heterocycles. The highest BCUT2D eigenvalue weighted by molar-refractivity contribution is 6.99. The predicted molar refractivity (Wildman–Crippen MR) is 231 cm³/mol. The van der Waals surface area contributed by atoms with Gasteiger partial charge >= 0.3 is 0 Å². The third-order valence-electron chi connectivity index (χ3n) is 11.4. The van der Waals surface area contributed by atoms with Gasteiger partial charge in [-0.05, 0) is 95.3 Å². The number of aromatic nitrogens is 1. The summed E-state index contributed by atoms with van der Waals surface area (Å²) in [5, 5.41) is 2.20. The van der Waals surface area contributed by atoms with Gasteiger partial charge in [-0.2, -0.15) is 0 Å². The zero-order chi connectivity index (χ0) is 36.7. The Labute approximate surface area is 323 Å². The Morgan fingerprint density at radius 2 is 0.964 bits per heavy atom. The summed E-state index contributed by atoms with van der Waals surface area (Å²) < 4.78 is 16.4. The van der Waals surface area contributed by atoms with Crippen LogP contribution < -0.4 is 30.9 Å². The molecular formula is C50H32BN3O2. The van der Waals surface area contributed by atoms with Crippen molar-refractivity contribution in [1.82, 2.24) is 4.57 Å². The average Bonchev–Trinajstić information content (AvgIpc) is 3.80. The summed E-state index contributed by atoms with van der Waals surface area (Å²) in [4.78, 5) is 4.61. The lowest BCUT2D eigenvalue weighted by atomic mass is 9.34. The lowest BCUT2D eigenvalue weighted by Gasteiger charge is -2.36. The maximum Gasteiger partial charge on any atom is 0.256 e.